The molecule has 2 aromatic carbocycles. The highest BCUT2D eigenvalue weighted by Gasteiger charge is 2.19. The first-order valence-electron chi connectivity index (χ1n) is 9.42. The predicted octanol–water partition coefficient (Wildman–Crippen LogP) is 3.61. The molecule has 0 saturated heterocycles. The van der Waals surface area contributed by atoms with Crippen LogP contribution >= 0.6 is 0 Å². The minimum absolute atomic E-state index is 0.158. The SMILES string of the molecule is CCc1ccc([C@@H](NC(=O)Cn2cnc3ccc(F)cc3c2=O)C(C)C)cc1. The lowest BCUT2D eigenvalue weighted by atomic mass is 9.95. The molecule has 0 aliphatic rings. The van der Waals surface area contributed by atoms with Crippen LogP contribution in [0.15, 0.2) is 53.6 Å². The summed E-state index contributed by atoms with van der Waals surface area (Å²) < 4.78 is 14.7. The molecule has 6 heteroatoms. The summed E-state index contributed by atoms with van der Waals surface area (Å²) in [5, 5.41) is 3.16. The van der Waals surface area contributed by atoms with Crippen LogP contribution in [0.3, 0.4) is 0 Å². The molecule has 1 atom stereocenters. The molecular weight excluding hydrogens is 357 g/mol. The van der Waals surface area contributed by atoms with Crippen molar-refractivity contribution in [1.29, 1.82) is 0 Å². The maximum Gasteiger partial charge on any atom is 0.261 e. The number of aryl methyl sites for hydroxylation is 1. The number of hydrogen-bond acceptors (Lipinski definition) is 3. The average Bonchev–Trinajstić information content (AvgIpc) is 2.68. The van der Waals surface area contributed by atoms with Crippen molar-refractivity contribution in [1.82, 2.24) is 14.9 Å². The molecule has 146 valence electrons. The van der Waals surface area contributed by atoms with Crippen LogP contribution in [0.5, 0.6) is 0 Å². The molecule has 3 rings (SSSR count). The molecule has 0 spiro atoms. The minimum Gasteiger partial charge on any atom is -0.347 e. The zero-order valence-corrected chi connectivity index (χ0v) is 16.3. The van der Waals surface area contributed by atoms with Gasteiger partial charge in [0.2, 0.25) is 5.91 Å². The van der Waals surface area contributed by atoms with Crippen molar-refractivity contribution in [3.8, 4) is 0 Å². The van der Waals surface area contributed by atoms with Gasteiger partial charge in [-0.25, -0.2) is 9.37 Å². The molecule has 0 saturated carbocycles. The Morgan fingerprint density at radius 1 is 1.18 bits per heavy atom. The third kappa shape index (κ3) is 4.27. The van der Waals surface area contributed by atoms with E-state index in [0.29, 0.717) is 5.52 Å². The average molecular weight is 381 g/mol. The van der Waals surface area contributed by atoms with E-state index < -0.39 is 11.4 Å². The van der Waals surface area contributed by atoms with Crippen molar-refractivity contribution in [3.63, 3.8) is 0 Å². The van der Waals surface area contributed by atoms with Crippen LogP contribution in [-0.2, 0) is 17.8 Å². The van der Waals surface area contributed by atoms with Gasteiger partial charge in [-0.2, -0.15) is 0 Å². The van der Waals surface area contributed by atoms with E-state index in [0.717, 1.165) is 18.1 Å². The normalized spacial score (nSPS) is 12.3. The highest BCUT2D eigenvalue weighted by molar-refractivity contribution is 5.79. The van der Waals surface area contributed by atoms with Gasteiger partial charge in [0.15, 0.2) is 0 Å². The Balaban J connectivity index is 1.80. The van der Waals surface area contributed by atoms with E-state index in [1.54, 1.807) is 0 Å². The molecule has 1 N–H and O–H groups in total. The quantitative estimate of drug-likeness (QED) is 0.709. The van der Waals surface area contributed by atoms with Gasteiger partial charge in [-0.15, -0.1) is 0 Å². The van der Waals surface area contributed by atoms with Crippen LogP contribution < -0.4 is 10.9 Å². The summed E-state index contributed by atoms with van der Waals surface area (Å²) >= 11 is 0. The number of aromatic nitrogens is 2. The van der Waals surface area contributed by atoms with Crippen LogP contribution in [0.1, 0.15) is 37.9 Å². The molecule has 1 heterocycles. The number of nitrogens with zero attached hydrogens (tertiary/aromatic N) is 2. The largest absolute Gasteiger partial charge is 0.347 e. The van der Waals surface area contributed by atoms with Crippen molar-refractivity contribution >= 4 is 16.8 Å². The fourth-order valence-corrected chi connectivity index (χ4v) is 3.21. The van der Waals surface area contributed by atoms with Crippen molar-refractivity contribution < 1.29 is 9.18 Å². The molecule has 28 heavy (non-hydrogen) atoms. The molecule has 5 nitrogen and oxygen atoms in total. The number of fused-ring (bicyclic) bond motifs is 1. The monoisotopic (exact) mass is 381 g/mol. The van der Waals surface area contributed by atoms with E-state index in [1.165, 1.54) is 28.6 Å². The maximum atomic E-state index is 13.5. The minimum atomic E-state index is -0.510. The first kappa shape index (κ1) is 19.7. The summed E-state index contributed by atoms with van der Waals surface area (Å²) in [7, 11) is 0. The van der Waals surface area contributed by atoms with Gasteiger partial charge < -0.3 is 5.32 Å². The summed E-state index contributed by atoms with van der Waals surface area (Å²) in [6.45, 7) is 5.99. The molecule has 0 radical (unpaired) electrons. The summed E-state index contributed by atoms with van der Waals surface area (Å²) in [6.07, 6.45) is 2.28. The number of benzene rings is 2. The molecule has 0 fully saturated rings. The number of hydrogen-bond donors (Lipinski definition) is 1. The van der Waals surface area contributed by atoms with Crippen LogP contribution in [-0.4, -0.2) is 15.5 Å². The highest BCUT2D eigenvalue weighted by atomic mass is 19.1. The number of rotatable bonds is 6. The van der Waals surface area contributed by atoms with Crippen molar-refractivity contribution in [3.05, 3.63) is 76.1 Å². The molecule has 0 aliphatic heterocycles. The zero-order valence-electron chi connectivity index (χ0n) is 16.3. The fraction of sp³-hybridized carbons (Fsp3) is 0.318. The Morgan fingerprint density at radius 2 is 1.89 bits per heavy atom. The summed E-state index contributed by atoms with van der Waals surface area (Å²) in [5.41, 5.74) is 2.22. The lowest BCUT2D eigenvalue weighted by Gasteiger charge is -2.23. The lowest BCUT2D eigenvalue weighted by molar-refractivity contribution is -0.122. The Morgan fingerprint density at radius 3 is 2.54 bits per heavy atom. The summed E-state index contributed by atoms with van der Waals surface area (Å²) in [5.74, 6) is -0.626. The van der Waals surface area contributed by atoms with E-state index in [4.69, 9.17) is 0 Å². The van der Waals surface area contributed by atoms with E-state index in [9.17, 15) is 14.0 Å². The number of carbonyl (C=O) groups is 1. The van der Waals surface area contributed by atoms with E-state index >= 15 is 0 Å². The van der Waals surface area contributed by atoms with Gasteiger partial charge in [0.25, 0.3) is 5.56 Å². The molecule has 0 bridgehead atoms. The fourth-order valence-electron chi connectivity index (χ4n) is 3.21. The second-order valence-corrected chi connectivity index (χ2v) is 7.22. The topological polar surface area (TPSA) is 64.0 Å². The smallest absolute Gasteiger partial charge is 0.261 e. The van der Waals surface area contributed by atoms with E-state index in [2.05, 4.69) is 29.4 Å². The standard InChI is InChI=1S/C22H24FN3O2/c1-4-15-5-7-16(8-6-15)21(14(2)3)25-20(27)12-26-13-24-19-10-9-17(23)11-18(19)22(26)28/h5-11,13-14,21H,4,12H2,1-3H3,(H,25,27)/t21-/m0/s1. The molecular formula is C22H24FN3O2. The Bertz CT molecular complexity index is 1040. The van der Waals surface area contributed by atoms with Gasteiger partial charge >= 0.3 is 0 Å². The van der Waals surface area contributed by atoms with Crippen molar-refractivity contribution in [2.24, 2.45) is 5.92 Å². The zero-order chi connectivity index (χ0) is 20.3. The van der Waals surface area contributed by atoms with E-state index in [1.807, 2.05) is 26.0 Å². The van der Waals surface area contributed by atoms with Crippen molar-refractivity contribution in [2.45, 2.75) is 39.8 Å². The van der Waals surface area contributed by atoms with Crippen LogP contribution in [0.2, 0.25) is 0 Å². The maximum absolute atomic E-state index is 13.5. The summed E-state index contributed by atoms with van der Waals surface area (Å²) in [6, 6.07) is 11.8. The summed E-state index contributed by atoms with van der Waals surface area (Å²) in [4.78, 5) is 29.3. The molecule has 0 unspecified atom stereocenters. The third-order valence-electron chi connectivity index (χ3n) is 4.83. The van der Waals surface area contributed by atoms with Gasteiger partial charge in [-0.05, 0) is 41.7 Å². The Hall–Kier alpha value is -3.02. The molecule has 3 aromatic rings. The number of carbonyl (C=O) groups excluding carboxylic acids is 1. The van der Waals surface area contributed by atoms with Crippen LogP contribution in [0.25, 0.3) is 10.9 Å². The van der Waals surface area contributed by atoms with Gasteiger partial charge in [0, 0.05) is 0 Å². The lowest BCUT2D eigenvalue weighted by Crippen LogP contribution is -2.36. The number of halogens is 1. The van der Waals surface area contributed by atoms with E-state index in [-0.39, 0.29) is 29.8 Å². The molecule has 1 amide bonds. The first-order chi connectivity index (χ1) is 13.4. The van der Waals surface area contributed by atoms with Gasteiger partial charge in [-0.3, -0.25) is 14.2 Å². The molecule has 0 aliphatic carbocycles. The van der Waals surface area contributed by atoms with Gasteiger partial charge in [-0.1, -0.05) is 45.0 Å². The third-order valence-corrected chi connectivity index (χ3v) is 4.83. The van der Waals surface area contributed by atoms with Gasteiger partial charge in [0.05, 0.1) is 23.3 Å². The molecule has 1 aromatic heterocycles. The first-order valence-corrected chi connectivity index (χ1v) is 9.42. The van der Waals surface area contributed by atoms with Gasteiger partial charge in [0.1, 0.15) is 12.4 Å². The number of nitrogens with one attached hydrogen (secondary N) is 1. The second kappa shape index (κ2) is 8.33. The van der Waals surface area contributed by atoms with Crippen molar-refractivity contribution in [2.75, 3.05) is 0 Å². The Kier molecular flexibility index (Phi) is 5.87. The Labute approximate surface area is 163 Å². The highest BCUT2D eigenvalue weighted by Crippen LogP contribution is 2.22. The van der Waals surface area contributed by atoms with Crippen LogP contribution in [0.4, 0.5) is 4.39 Å². The number of amides is 1. The second-order valence-electron chi connectivity index (χ2n) is 7.22. The predicted molar refractivity (Wildman–Crippen MR) is 108 cm³/mol. The van der Waals surface area contributed by atoms with Crippen LogP contribution in [0, 0.1) is 11.7 Å².